The number of hydrogen-bond acceptors (Lipinski definition) is 0. The van der Waals surface area contributed by atoms with Gasteiger partial charge in [-0.3, -0.25) is 0 Å². The van der Waals surface area contributed by atoms with Crippen LogP contribution in [0.1, 0.15) is 106 Å². The number of benzene rings is 4. The largest absolute Gasteiger partial charge is 0.0723 e. The van der Waals surface area contributed by atoms with Gasteiger partial charge >= 0.3 is 0 Å². The van der Waals surface area contributed by atoms with Gasteiger partial charge in [-0.15, -0.1) is 0 Å². The van der Waals surface area contributed by atoms with Crippen LogP contribution < -0.4 is 0 Å². The maximum absolute atomic E-state index is 2.47. The van der Waals surface area contributed by atoms with E-state index in [-0.39, 0.29) is 5.41 Å². The molecule has 0 atom stereocenters. The number of hydrogen-bond donors (Lipinski definition) is 0. The zero-order valence-corrected chi connectivity index (χ0v) is 24.4. The molecule has 0 amide bonds. The SMILES string of the molecule is Cc1ccc2c(c1)C(c1c(C)cc(C(C)C)cc1C)(c1c(C)cc(C(C)C)cc1C)c1cc(C)ccc1-2. The molecule has 0 fully saturated rings. The maximum Gasteiger partial charge on any atom is 0.0723 e. The molecule has 0 radical (unpaired) electrons. The Morgan fingerprint density at radius 2 is 0.784 bits per heavy atom. The fraction of sp³-hybridized carbons (Fsp3) is 0.351. The molecule has 4 aromatic carbocycles. The molecule has 190 valence electrons. The van der Waals surface area contributed by atoms with Crippen LogP contribution in [0, 0.1) is 41.5 Å². The van der Waals surface area contributed by atoms with E-state index in [0.717, 1.165) is 0 Å². The summed E-state index contributed by atoms with van der Waals surface area (Å²) in [4.78, 5) is 0. The Hall–Kier alpha value is -3.12. The molecule has 0 unspecified atom stereocenters. The van der Waals surface area contributed by atoms with Crippen LogP contribution >= 0.6 is 0 Å². The van der Waals surface area contributed by atoms with Crippen LogP contribution in [-0.4, -0.2) is 0 Å². The van der Waals surface area contributed by atoms with Gasteiger partial charge in [-0.2, -0.15) is 0 Å². The summed E-state index contributed by atoms with van der Waals surface area (Å²) in [5, 5.41) is 0. The zero-order valence-electron chi connectivity index (χ0n) is 24.4. The highest BCUT2D eigenvalue weighted by molar-refractivity contribution is 5.88. The van der Waals surface area contributed by atoms with E-state index >= 15 is 0 Å². The predicted molar refractivity (Wildman–Crippen MR) is 160 cm³/mol. The predicted octanol–water partition coefficient (Wildman–Crippen LogP) is 10.1. The third-order valence-corrected chi connectivity index (χ3v) is 8.64. The third kappa shape index (κ3) is 3.80. The van der Waals surface area contributed by atoms with Crippen LogP contribution in [0.3, 0.4) is 0 Å². The van der Waals surface area contributed by atoms with E-state index < -0.39 is 0 Å². The fourth-order valence-corrected chi connectivity index (χ4v) is 7.06. The van der Waals surface area contributed by atoms with Gasteiger partial charge in [0.1, 0.15) is 0 Å². The summed E-state index contributed by atoms with van der Waals surface area (Å²) in [6.45, 7) is 23.0. The van der Waals surface area contributed by atoms with Crippen molar-refractivity contribution in [3.8, 4) is 11.1 Å². The fourth-order valence-electron chi connectivity index (χ4n) is 7.06. The quantitative estimate of drug-likeness (QED) is 0.237. The zero-order chi connectivity index (χ0) is 26.8. The molecule has 0 saturated carbocycles. The number of fused-ring (bicyclic) bond motifs is 3. The molecule has 0 aliphatic heterocycles. The van der Waals surface area contributed by atoms with E-state index in [2.05, 4.69) is 130 Å². The van der Waals surface area contributed by atoms with Crippen LogP contribution in [0.15, 0.2) is 60.7 Å². The Labute approximate surface area is 224 Å². The average Bonchev–Trinajstić information content (AvgIpc) is 3.07. The van der Waals surface area contributed by atoms with E-state index in [1.54, 1.807) is 0 Å². The lowest BCUT2D eigenvalue weighted by Crippen LogP contribution is -2.33. The molecule has 5 rings (SSSR count). The van der Waals surface area contributed by atoms with Crippen molar-refractivity contribution in [1.82, 2.24) is 0 Å². The molecule has 0 spiro atoms. The van der Waals surface area contributed by atoms with Crippen LogP contribution in [0.5, 0.6) is 0 Å². The van der Waals surface area contributed by atoms with Crippen molar-refractivity contribution >= 4 is 0 Å². The Morgan fingerprint density at radius 1 is 0.459 bits per heavy atom. The Kier molecular flexibility index (Phi) is 6.22. The number of aryl methyl sites for hydroxylation is 6. The minimum Gasteiger partial charge on any atom is -0.0587 e. The van der Waals surface area contributed by atoms with Crippen molar-refractivity contribution in [3.63, 3.8) is 0 Å². The molecule has 0 heteroatoms. The second-order valence-electron chi connectivity index (χ2n) is 12.2. The molecular weight excluding hydrogens is 444 g/mol. The van der Waals surface area contributed by atoms with Crippen LogP contribution in [0.25, 0.3) is 11.1 Å². The third-order valence-electron chi connectivity index (χ3n) is 8.64. The molecule has 37 heavy (non-hydrogen) atoms. The Bertz CT molecular complexity index is 1360. The van der Waals surface area contributed by atoms with E-state index in [4.69, 9.17) is 0 Å². The van der Waals surface area contributed by atoms with Gasteiger partial charge in [0.15, 0.2) is 0 Å². The summed E-state index contributed by atoms with van der Waals surface area (Å²) >= 11 is 0. The molecule has 0 N–H and O–H groups in total. The maximum atomic E-state index is 2.47. The summed E-state index contributed by atoms with van der Waals surface area (Å²) in [6.07, 6.45) is 0. The highest BCUT2D eigenvalue weighted by Gasteiger charge is 2.49. The van der Waals surface area contributed by atoms with Gasteiger partial charge in [-0.1, -0.05) is 99.5 Å². The molecule has 0 aromatic heterocycles. The average molecular weight is 487 g/mol. The number of rotatable bonds is 4. The summed E-state index contributed by atoms with van der Waals surface area (Å²) in [5.41, 5.74) is 19.2. The van der Waals surface area contributed by atoms with Crippen molar-refractivity contribution in [2.24, 2.45) is 0 Å². The summed E-state index contributed by atoms with van der Waals surface area (Å²) in [5.74, 6) is 1.01. The second kappa shape index (κ2) is 9.02. The van der Waals surface area contributed by atoms with E-state index in [1.807, 2.05) is 0 Å². The lowest BCUT2D eigenvalue weighted by Gasteiger charge is -2.39. The smallest absolute Gasteiger partial charge is 0.0587 e. The highest BCUT2D eigenvalue weighted by Crippen LogP contribution is 2.59. The van der Waals surface area contributed by atoms with E-state index in [1.165, 1.54) is 77.9 Å². The van der Waals surface area contributed by atoms with Gasteiger partial charge in [0.25, 0.3) is 0 Å². The minimum atomic E-state index is -0.351. The standard InChI is InChI=1S/C37H42/c1-21(2)29-17-25(7)35(26(8)18-29)37(36-27(9)19-30(22(3)4)20-28(36)10)33-15-23(5)11-13-31(33)32-14-12-24(6)16-34(32)37/h11-22H,1-10H3. The molecular formula is C37H42. The normalized spacial score (nSPS) is 13.8. The molecule has 4 aromatic rings. The van der Waals surface area contributed by atoms with Gasteiger partial charge in [0.05, 0.1) is 5.41 Å². The highest BCUT2D eigenvalue weighted by atomic mass is 14.5. The lowest BCUT2D eigenvalue weighted by atomic mass is 9.62. The molecule has 1 aliphatic rings. The van der Waals surface area contributed by atoms with Crippen molar-refractivity contribution in [1.29, 1.82) is 0 Å². The first-order valence-electron chi connectivity index (χ1n) is 13.9. The van der Waals surface area contributed by atoms with Gasteiger partial charge < -0.3 is 0 Å². The molecule has 0 saturated heterocycles. The van der Waals surface area contributed by atoms with E-state index in [0.29, 0.717) is 11.8 Å². The van der Waals surface area contributed by atoms with Gasteiger partial charge in [0.2, 0.25) is 0 Å². The van der Waals surface area contributed by atoms with Crippen LogP contribution in [0.4, 0.5) is 0 Å². The second-order valence-corrected chi connectivity index (χ2v) is 12.2. The first-order valence-corrected chi connectivity index (χ1v) is 13.9. The summed E-state index contributed by atoms with van der Waals surface area (Å²) in [7, 11) is 0. The topological polar surface area (TPSA) is 0 Å². The summed E-state index contributed by atoms with van der Waals surface area (Å²) < 4.78 is 0. The monoisotopic (exact) mass is 486 g/mol. The first kappa shape index (κ1) is 25.5. The molecule has 0 nitrogen and oxygen atoms in total. The van der Waals surface area contributed by atoms with Crippen LogP contribution in [-0.2, 0) is 5.41 Å². The van der Waals surface area contributed by atoms with Gasteiger partial charge in [-0.25, -0.2) is 0 Å². The van der Waals surface area contributed by atoms with Crippen molar-refractivity contribution < 1.29 is 0 Å². The molecule has 0 bridgehead atoms. The Morgan fingerprint density at radius 3 is 1.08 bits per heavy atom. The van der Waals surface area contributed by atoms with Crippen LogP contribution in [0.2, 0.25) is 0 Å². The van der Waals surface area contributed by atoms with Crippen molar-refractivity contribution in [2.75, 3.05) is 0 Å². The van der Waals surface area contributed by atoms with Crippen molar-refractivity contribution in [3.05, 3.63) is 127 Å². The summed E-state index contributed by atoms with van der Waals surface area (Å²) in [6, 6.07) is 24.0. The minimum absolute atomic E-state index is 0.351. The molecule has 1 aliphatic carbocycles. The van der Waals surface area contributed by atoms with Gasteiger partial charge in [0, 0.05) is 0 Å². The van der Waals surface area contributed by atoms with Gasteiger partial charge in [-0.05, 0) is 120 Å². The molecule has 0 heterocycles. The van der Waals surface area contributed by atoms with E-state index in [9.17, 15) is 0 Å². The first-order chi connectivity index (χ1) is 17.5. The Balaban J connectivity index is 2.04. The lowest BCUT2D eigenvalue weighted by molar-refractivity contribution is 0.731. The van der Waals surface area contributed by atoms with Crippen molar-refractivity contribution in [2.45, 2.75) is 86.5 Å².